The van der Waals surface area contributed by atoms with Crippen molar-refractivity contribution in [3.8, 4) is 0 Å². The van der Waals surface area contributed by atoms with Crippen LogP contribution in [0.2, 0.25) is 0 Å². The van der Waals surface area contributed by atoms with E-state index < -0.39 is 17.8 Å². The van der Waals surface area contributed by atoms with Crippen LogP contribution in [-0.2, 0) is 32.0 Å². The van der Waals surface area contributed by atoms with Crippen LogP contribution in [0.1, 0.15) is 31.4 Å². The molecule has 6 heteroatoms. The molecule has 6 nitrogen and oxygen atoms in total. The summed E-state index contributed by atoms with van der Waals surface area (Å²) in [7, 11) is 0. The fraction of sp³-hybridized carbons (Fsp3) is 0.348. The first kappa shape index (κ1) is 20.6. The number of ether oxygens (including phenoxy) is 1. The van der Waals surface area contributed by atoms with Gasteiger partial charge in [0.1, 0.15) is 0 Å². The van der Waals surface area contributed by atoms with Gasteiger partial charge < -0.3 is 15.0 Å². The predicted molar refractivity (Wildman–Crippen MR) is 112 cm³/mol. The molecule has 0 bridgehead atoms. The minimum absolute atomic E-state index is 0.0919. The molecule has 1 aliphatic rings. The summed E-state index contributed by atoms with van der Waals surface area (Å²) in [5, 5.41) is 2.77. The molecule has 1 unspecified atom stereocenters. The normalized spacial score (nSPS) is 16.0. The molecule has 1 aliphatic heterocycles. The number of nitrogens with zero attached hydrogens (tertiary/aromatic N) is 1. The van der Waals surface area contributed by atoms with Crippen LogP contribution in [0.3, 0.4) is 0 Å². The molecular weight excluding hydrogens is 368 g/mol. The number of nitrogens with one attached hydrogen (secondary N) is 1. The highest BCUT2D eigenvalue weighted by atomic mass is 16.5. The zero-order chi connectivity index (χ0) is 20.8. The number of hydrogen-bond donors (Lipinski definition) is 1. The van der Waals surface area contributed by atoms with Gasteiger partial charge in [0.2, 0.25) is 5.91 Å². The molecule has 2 aromatic carbocycles. The molecule has 1 atom stereocenters. The predicted octanol–water partition coefficient (Wildman–Crippen LogP) is 3.35. The van der Waals surface area contributed by atoms with E-state index in [4.69, 9.17) is 4.74 Å². The molecule has 1 heterocycles. The van der Waals surface area contributed by atoms with Crippen molar-refractivity contribution in [3.05, 3.63) is 59.7 Å². The van der Waals surface area contributed by atoms with Crippen LogP contribution in [0, 0.1) is 5.92 Å². The summed E-state index contributed by atoms with van der Waals surface area (Å²) in [5.41, 5.74) is 3.69. The van der Waals surface area contributed by atoms with Crippen molar-refractivity contribution in [1.82, 2.24) is 0 Å². The molecule has 29 heavy (non-hydrogen) atoms. The molecule has 1 saturated heterocycles. The standard InChI is InChI=1S/C23H26N2O4/c1-3-16-9-11-19(12-10-16)25-14-18(13-22(25)27)23(28)29-15-21(26)24-20-8-6-5-7-17(20)4-2/h5-12,18H,3-4,13-15H2,1-2H3,(H,24,26). The zero-order valence-corrected chi connectivity index (χ0v) is 16.8. The molecular formula is C23H26N2O4. The maximum atomic E-state index is 12.4. The van der Waals surface area contributed by atoms with Crippen molar-refractivity contribution < 1.29 is 19.1 Å². The summed E-state index contributed by atoms with van der Waals surface area (Å²) >= 11 is 0. The highest BCUT2D eigenvalue weighted by Gasteiger charge is 2.36. The highest BCUT2D eigenvalue weighted by Crippen LogP contribution is 2.26. The van der Waals surface area contributed by atoms with E-state index in [2.05, 4.69) is 12.2 Å². The van der Waals surface area contributed by atoms with Crippen molar-refractivity contribution in [3.63, 3.8) is 0 Å². The van der Waals surface area contributed by atoms with Crippen molar-refractivity contribution >= 4 is 29.2 Å². The van der Waals surface area contributed by atoms with E-state index >= 15 is 0 Å². The largest absolute Gasteiger partial charge is 0.455 e. The van der Waals surface area contributed by atoms with Gasteiger partial charge in [-0.3, -0.25) is 14.4 Å². The van der Waals surface area contributed by atoms with Crippen LogP contribution < -0.4 is 10.2 Å². The van der Waals surface area contributed by atoms with Gasteiger partial charge in [0.25, 0.3) is 5.91 Å². The Bertz CT molecular complexity index is 892. The second-order valence-corrected chi connectivity index (χ2v) is 7.09. The Hall–Kier alpha value is -3.15. The monoisotopic (exact) mass is 394 g/mol. The van der Waals surface area contributed by atoms with Crippen molar-refractivity contribution in [2.24, 2.45) is 5.92 Å². The maximum absolute atomic E-state index is 12.4. The summed E-state index contributed by atoms with van der Waals surface area (Å²) in [6.07, 6.45) is 1.80. The number of hydrogen-bond acceptors (Lipinski definition) is 4. The van der Waals surface area contributed by atoms with E-state index in [-0.39, 0.29) is 25.5 Å². The third-order valence-electron chi connectivity index (χ3n) is 5.13. The van der Waals surface area contributed by atoms with Gasteiger partial charge in [0.05, 0.1) is 5.92 Å². The average Bonchev–Trinajstić information content (AvgIpc) is 3.14. The molecule has 1 fully saturated rings. The number of benzene rings is 2. The van der Waals surface area contributed by atoms with E-state index in [9.17, 15) is 14.4 Å². The Morgan fingerprint density at radius 1 is 1.07 bits per heavy atom. The fourth-order valence-electron chi connectivity index (χ4n) is 3.42. The van der Waals surface area contributed by atoms with Crippen LogP contribution in [0.15, 0.2) is 48.5 Å². The van der Waals surface area contributed by atoms with Gasteiger partial charge in [0, 0.05) is 24.3 Å². The van der Waals surface area contributed by atoms with E-state index in [1.165, 1.54) is 5.56 Å². The van der Waals surface area contributed by atoms with Gasteiger partial charge >= 0.3 is 5.97 Å². The van der Waals surface area contributed by atoms with Gasteiger partial charge in [-0.05, 0) is 42.2 Å². The lowest BCUT2D eigenvalue weighted by Crippen LogP contribution is -2.28. The van der Waals surface area contributed by atoms with Crippen molar-refractivity contribution in [2.75, 3.05) is 23.4 Å². The smallest absolute Gasteiger partial charge is 0.311 e. The molecule has 1 N–H and O–H groups in total. The number of carbonyl (C=O) groups is 3. The molecule has 0 aromatic heterocycles. The van der Waals surface area contributed by atoms with E-state index in [0.717, 1.165) is 24.1 Å². The Morgan fingerprint density at radius 3 is 2.48 bits per heavy atom. The van der Waals surface area contributed by atoms with E-state index in [1.807, 2.05) is 55.5 Å². The Labute approximate surface area is 170 Å². The minimum atomic E-state index is -0.566. The second kappa shape index (κ2) is 9.37. The van der Waals surface area contributed by atoms with E-state index in [0.29, 0.717) is 5.69 Å². The summed E-state index contributed by atoms with van der Waals surface area (Å²) in [6.45, 7) is 3.97. The summed E-state index contributed by atoms with van der Waals surface area (Å²) < 4.78 is 5.17. The number of rotatable bonds is 7. The molecule has 0 radical (unpaired) electrons. The van der Waals surface area contributed by atoms with Crippen LogP contribution >= 0.6 is 0 Å². The number of anilines is 2. The average molecular weight is 394 g/mol. The molecule has 2 aromatic rings. The molecule has 0 saturated carbocycles. The van der Waals surface area contributed by atoms with Crippen LogP contribution in [0.5, 0.6) is 0 Å². The third-order valence-corrected chi connectivity index (χ3v) is 5.13. The molecule has 3 rings (SSSR count). The summed E-state index contributed by atoms with van der Waals surface area (Å²) in [5.74, 6) is -1.60. The Kier molecular flexibility index (Phi) is 6.65. The van der Waals surface area contributed by atoms with Crippen LogP contribution in [0.4, 0.5) is 11.4 Å². The first-order valence-corrected chi connectivity index (χ1v) is 9.95. The molecule has 0 aliphatic carbocycles. The maximum Gasteiger partial charge on any atom is 0.311 e. The third kappa shape index (κ3) is 5.02. The van der Waals surface area contributed by atoms with Gasteiger partial charge in [0.15, 0.2) is 6.61 Å². The Morgan fingerprint density at radius 2 is 1.79 bits per heavy atom. The number of esters is 1. The molecule has 152 valence electrons. The minimum Gasteiger partial charge on any atom is -0.455 e. The number of aryl methyl sites for hydroxylation is 2. The van der Waals surface area contributed by atoms with Gasteiger partial charge in [-0.25, -0.2) is 0 Å². The SMILES string of the molecule is CCc1ccc(N2CC(C(=O)OCC(=O)Nc3ccccc3CC)CC2=O)cc1. The second-order valence-electron chi connectivity index (χ2n) is 7.09. The van der Waals surface area contributed by atoms with Gasteiger partial charge in [-0.15, -0.1) is 0 Å². The highest BCUT2D eigenvalue weighted by molar-refractivity contribution is 6.00. The summed E-state index contributed by atoms with van der Waals surface area (Å²) in [6, 6.07) is 15.2. The van der Waals surface area contributed by atoms with Gasteiger partial charge in [-0.1, -0.05) is 44.2 Å². The first-order chi connectivity index (χ1) is 14.0. The lowest BCUT2D eigenvalue weighted by atomic mass is 10.1. The topological polar surface area (TPSA) is 75.7 Å². The first-order valence-electron chi connectivity index (χ1n) is 9.95. The fourth-order valence-corrected chi connectivity index (χ4v) is 3.42. The van der Waals surface area contributed by atoms with Crippen LogP contribution in [0.25, 0.3) is 0 Å². The van der Waals surface area contributed by atoms with E-state index in [1.54, 1.807) is 4.90 Å². The van der Waals surface area contributed by atoms with Gasteiger partial charge in [-0.2, -0.15) is 0 Å². The summed E-state index contributed by atoms with van der Waals surface area (Å²) in [4.78, 5) is 38.4. The van der Waals surface area contributed by atoms with Crippen molar-refractivity contribution in [1.29, 1.82) is 0 Å². The van der Waals surface area contributed by atoms with Crippen molar-refractivity contribution in [2.45, 2.75) is 33.1 Å². The zero-order valence-electron chi connectivity index (χ0n) is 16.8. The lowest BCUT2D eigenvalue weighted by molar-refractivity contribution is -0.151. The number of amides is 2. The number of para-hydroxylation sites is 1. The Balaban J connectivity index is 1.53. The lowest BCUT2D eigenvalue weighted by Gasteiger charge is -2.17. The molecule has 0 spiro atoms. The molecule has 2 amide bonds. The number of carbonyl (C=O) groups excluding carboxylic acids is 3. The quantitative estimate of drug-likeness (QED) is 0.731. The van der Waals surface area contributed by atoms with Crippen LogP contribution in [-0.4, -0.2) is 30.9 Å².